The van der Waals surface area contributed by atoms with E-state index in [0.717, 1.165) is 6.42 Å². The number of aryl methyl sites for hydroxylation is 2. The maximum Gasteiger partial charge on any atom is 0.235 e. The van der Waals surface area contributed by atoms with Gasteiger partial charge in [-0.3, -0.25) is 14.2 Å². The van der Waals surface area contributed by atoms with E-state index in [1.54, 1.807) is 34.9 Å². The highest BCUT2D eigenvalue weighted by Crippen LogP contribution is 2.20. The van der Waals surface area contributed by atoms with Crippen LogP contribution in [0.15, 0.2) is 18.5 Å². The van der Waals surface area contributed by atoms with Gasteiger partial charge in [0.15, 0.2) is 11.4 Å². The van der Waals surface area contributed by atoms with Crippen molar-refractivity contribution in [2.75, 3.05) is 7.11 Å². The topological polar surface area (TPSA) is 61.9 Å². The summed E-state index contributed by atoms with van der Waals surface area (Å²) in [6.07, 6.45) is 4.19. The number of hydrogen-bond donors (Lipinski definition) is 0. The molecule has 0 aliphatic rings. The second-order valence-corrected chi connectivity index (χ2v) is 3.99. The van der Waals surface area contributed by atoms with Gasteiger partial charge in [-0.15, -0.1) is 0 Å². The Bertz CT molecular complexity index is 556. The molecule has 0 saturated carbocycles. The molecule has 0 radical (unpaired) electrons. The largest absolute Gasteiger partial charge is 0.493 e. The van der Waals surface area contributed by atoms with Crippen LogP contribution in [0.4, 0.5) is 0 Å². The van der Waals surface area contributed by atoms with E-state index in [2.05, 4.69) is 10.2 Å². The lowest BCUT2D eigenvalue weighted by Gasteiger charge is -2.05. The number of ether oxygens (including phenoxy) is 1. The maximum absolute atomic E-state index is 12.4. The first kappa shape index (κ1) is 12.3. The van der Waals surface area contributed by atoms with Crippen molar-refractivity contribution in [3.05, 3.63) is 29.8 Å². The molecule has 18 heavy (non-hydrogen) atoms. The van der Waals surface area contributed by atoms with Gasteiger partial charge in [0, 0.05) is 19.8 Å². The number of carbonyl (C=O) groups excluding carboxylic acids is 1. The molecule has 0 unspecified atom stereocenters. The number of aromatic nitrogens is 4. The highest BCUT2D eigenvalue weighted by atomic mass is 16.5. The predicted octanol–water partition coefficient (Wildman–Crippen LogP) is 1.27. The van der Waals surface area contributed by atoms with E-state index < -0.39 is 0 Å². The second kappa shape index (κ2) is 5.03. The molecule has 6 heteroatoms. The Morgan fingerprint density at radius 1 is 1.50 bits per heavy atom. The summed E-state index contributed by atoms with van der Waals surface area (Å²) in [6.45, 7) is 2.71. The zero-order valence-corrected chi connectivity index (χ0v) is 10.8. The van der Waals surface area contributed by atoms with Crippen molar-refractivity contribution in [1.82, 2.24) is 19.6 Å². The predicted molar refractivity (Wildman–Crippen MR) is 65.7 cm³/mol. The Balaban J connectivity index is 2.42. The standard InChI is InChI=1S/C12H16N4O2/c1-4-6-16-11(10(18-3)8-13-16)12(17)9-5-7-15(2)14-9/h5,7-8H,4,6H2,1-3H3. The van der Waals surface area contributed by atoms with E-state index in [-0.39, 0.29) is 5.78 Å². The van der Waals surface area contributed by atoms with Crippen molar-refractivity contribution in [3.8, 4) is 5.75 Å². The molecule has 2 aromatic rings. The monoisotopic (exact) mass is 248 g/mol. The summed E-state index contributed by atoms with van der Waals surface area (Å²) in [4.78, 5) is 12.4. The van der Waals surface area contributed by atoms with Crippen molar-refractivity contribution in [1.29, 1.82) is 0 Å². The van der Waals surface area contributed by atoms with Gasteiger partial charge in [0.05, 0.1) is 13.3 Å². The van der Waals surface area contributed by atoms with Gasteiger partial charge in [-0.2, -0.15) is 10.2 Å². The van der Waals surface area contributed by atoms with Crippen LogP contribution in [-0.4, -0.2) is 32.5 Å². The third-order valence-electron chi connectivity index (χ3n) is 2.62. The van der Waals surface area contributed by atoms with E-state index in [9.17, 15) is 4.79 Å². The average Bonchev–Trinajstić information content (AvgIpc) is 2.95. The molecule has 96 valence electrons. The minimum atomic E-state index is -0.168. The molecule has 0 aliphatic heterocycles. The van der Waals surface area contributed by atoms with Crippen molar-refractivity contribution >= 4 is 5.78 Å². The molecular formula is C12H16N4O2. The number of nitrogens with zero attached hydrogens (tertiary/aromatic N) is 4. The average molecular weight is 248 g/mol. The van der Waals surface area contributed by atoms with Crippen LogP contribution in [0.2, 0.25) is 0 Å². The summed E-state index contributed by atoms with van der Waals surface area (Å²) in [7, 11) is 3.31. The quantitative estimate of drug-likeness (QED) is 0.747. The van der Waals surface area contributed by atoms with Crippen molar-refractivity contribution in [3.63, 3.8) is 0 Å². The van der Waals surface area contributed by atoms with Crippen molar-refractivity contribution in [2.24, 2.45) is 7.05 Å². The SMILES string of the molecule is CCCn1ncc(OC)c1C(=O)c1ccn(C)n1. The van der Waals surface area contributed by atoms with Crippen molar-refractivity contribution < 1.29 is 9.53 Å². The van der Waals surface area contributed by atoms with Gasteiger partial charge in [0.25, 0.3) is 0 Å². The summed E-state index contributed by atoms with van der Waals surface area (Å²) < 4.78 is 8.44. The third-order valence-corrected chi connectivity index (χ3v) is 2.62. The maximum atomic E-state index is 12.4. The Kier molecular flexibility index (Phi) is 3.45. The second-order valence-electron chi connectivity index (χ2n) is 3.99. The molecule has 6 nitrogen and oxygen atoms in total. The normalized spacial score (nSPS) is 10.6. The Labute approximate surface area is 105 Å². The van der Waals surface area contributed by atoms with Gasteiger partial charge < -0.3 is 4.74 Å². The number of ketones is 1. The summed E-state index contributed by atoms with van der Waals surface area (Å²) in [5.74, 6) is 0.317. The summed E-state index contributed by atoms with van der Waals surface area (Å²) in [6, 6.07) is 1.69. The fraction of sp³-hybridized carbons (Fsp3) is 0.417. The molecule has 0 aliphatic carbocycles. The molecule has 0 saturated heterocycles. The van der Waals surface area contributed by atoms with Crippen LogP contribution < -0.4 is 4.74 Å². The van der Waals surface area contributed by atoms with E-state index in [1.807, 2.05) is 6.92 Å². The number of carbonyl (C=O) groups is 1. The minimum Gasteiger partial charge on any atom is -0.493 e. The van der Waals surface area contributed by atoms with Crippen LogP contribution in [0.3, 0.4) is 0 Å². The number of hydrogen-bond acceptors (Lipinski definition) is 4. The Hall–Kier alpha value is -2.11. The Morgan fingerprint density at radius 3 is 2.83 bits per heavy atom. The lowest BCUT2D eigenvalue weighted by Crippen LogP contribution is -2.13. The summed E-state index contributed by atoms with van der Waals surface area (Å²) >= 11 is 0. The van der Waals surface area contributed by atoms with Gasteiger partial charge in [-0.05, 0) is 12.5 Å². The van der Waals surface area contributed by atoms with E-state index >= 15 is 0 Å². The first-order chi connectivity index (χ1) is 8.67. The van der Waals surface area contributed by atoms with E-state index in [1.165, 1.54) is 7.11 Å². The highest BCUT2D eigenvalue weighted by Gasteiger charge is 2.22. The zero-order chi connectivity index (χ0) is 13.1. The lowest BCUT2D eigenvalue weighted by molar-refractivity contribution is 0.102. The van der Waals surface area contributed by atoms with Gasteiger partial charge in [-0.1, -0.05) is 6.92 Å². The van der Waals surface area contributed by atoms with Gasteiger partial charge >= 0.3 is 0 Å². The fourth-order valence-electron chi connectivity index (χ4n) is 1.79. The van der Waals surface area contributed by atoms with Crippen LogP contribution in [-0.2, 0) is 13.6 Å². The van der Waals surface area contributed by atoms with Crippen LogP contribution in [0, 0.1) is 0 Å². The number of rotatable bonds is 5. The smallest absolute Gasteiger partial charge is 0.235 e. The highest BCUT2D eigenvalue weighted by molar-refractivity contribution is 6.08. The molecule has 0 amide bonds. The van der Waals surface area contributed by atoms with Gasteiger partial charge in [-0.25, -0.2) is 0 Å². The van der Waals surface area contributed by atoms with Gasteiger partial charge in [0.2, 0.25) is 5.78 Å². The molecule has 2 heterocycles. The first-order valence-corrected chi connectivity index (χ1v) is 5.81. The molecular weight excluding hydrogens is 232 g/mol. The van der Waals surface area contributed by atoms with Crippen molar-refractivity contribution in [2.45, 2.75) is 19.9 Å². The summed E-state index contributed by atoms with van der Waals surface area (Å²) in [5.41, 5.74) is 0.853. The Morgan fingerprint density at radius 2 is 2.28 bits per heavy atom. The molecule has 2 aromatic heterocycles. The molecule has 0 bridgehead atoms. The summed E-state index contributed by atoms with van der Waals surface area (Å²) in [5, 5.41) is 8.28. The van der Waals surface area contributed by atoms with E-state index in [4.69, 9.17) is 4.74 Å². The first-order valence-electron chi connectivity index (χ1n) is 5.81. The van der Waals surface area contributed by atoms with Crippen LogP contribution >= 0.6 is 0 Å². The van der Waals surface area contributed by atoms with E-state index in [0.29, 0.717) is 23.7 Å². The molecule has 0 fully saturated rings. The minimum absolute atomic E-state index is 0.168. The number of methoxy groups -OCH3 is 1. The van der Waals surface area contributed by atoms with Crippen LogP contribution in [0.25, 0.3) is 0 Å². The molecule has 2 rings (SSSR count). The lowest BCUT2D eigenvalue weighted by atomic mass is 10.2. The third kappa shape index (κ3) is 2.13. The molecule has 0 N–H and O–H groups in total. The van der Waals surface area contributed by atoms with Crippen LogP contribution in [0.1, 0.15) is 29.5 Å². The zero-order valence-electron chi connectivity index (χ0n) is 10.8. The molecule has 0 atom stereocenters. The molecule has 0 aromatic carbocycles. The fourth-order valence-corrected chi connectivity index (χ4v) is 1.79. The molecule has 0 spiro atoms. The van der Waals surface area contributed by atoms with Gasteiger partial charge in [0.1, 0.15) is 5.69 Å². The van der Waals surface area contributed by atoms with Crippen LogP contribution in [0.5, 0.6) is 5.75 Å².